The lowest BCUT2D eigenvalue weighted by Crippen LogP contribution is -2.54. The Labute approximate surface area is 248 Å². The standard InChI is InChI=1S/C32H32ClF2N5O2/c1-19-17-39(31(41)20(2)34)13-14-40(19)30-25-15-27(35)24(23-10-4-7-21-8-5-11-26(33)29(21)23)16-28(25)36-32(37-30)42-18-22-9-6-12-38(22)3/h4-5,7-8,10-11,15-16,19,22H,2,6,9,12-14,17-18H2,1,3H3/t19-,22-/m0/s1. The molecule has 6 rings (SSSR count). The van der Waals surface area contributed by atoms with Crippen LogP contribution in [0.25, 0.3) is 32.8 Å². The fourth-order valence-electron chi connectivity index (χ4n) is 6.11. The normalized spacial score (nSPS) is 19.5. The quantitative estimate of drug-likeness (QED) is 0.248. The molecule has 218 valence electrons. The van der Waals surface area contributed by atoms with Crippen LogP contribution >= 0.6 is 11.6 Å². The van der Waals surface area contributed by atoms with Crippen molar-refractivity contribution < 1.29 is 18.3 Å². The Morgan fingerprint density at radius 2 is 1.90 bits per heavy atom. The molecule has 0 aliphatic carbocycles. The minimum Gasteiger partial charge on any atom is -0.462 e. The summed E-state index contributed by atoms with van der Waals surface area (Å²) in [6.45, 7) is 7.44. The predicted octanol–water partition coefficient (Wildman–Crippen LogP) is 6.24. The summed E-state index contributed by atoms with van der Waals surface area (Å²) in [4.78, 5) is 27.4. The van der Waals surface area contributed by atoms with Crippen molar-refractivity contribution in [2.24, 2.45) is 0 Å². The summed E-state index contributed by atoms with van der Waals surface area (Å²) in [7, 11) is 2.08. The van der Waals surface area contributed by atoms with E-state index in [1.54, 1.807) is 12.1 Å². The Balaban J connectivity index is 1.44. The van der Waals surface area contributed by atoms with E-state index in [1.807, 2.05) is 42.2 Å². The molecule has 0 radical (unpaired) electrons. The first kappa shape index (κ1) is 28.3. The Kier molecular flexibility index (Phi) is 7.72. The van der Waals surface area contributed by atoms with Gasteiger partial charge in [0.2, 0.25) is 0 Å². The number of hydrogen-bond acceptors (Lipinski definition) is 6. The average Bonchev–Trinajstić information content (AvgIpc) is 3.39. The molecule has 4 aromatic rings. The molecule has 0 unspecified atom stereocenters. The van der Waals surface area contributed by atoms with Crippen LogP contribution in [0.3, 0.4) is 0 Å². The number of aromatic nitrogens is 2. The van der Waals surface area contributed by atoms with E-state index in [1.165, 1.54) is 11.0 Å². The van der Waals surface area contributed by atoms with Crippen molar-refractivity contribution in [2.75, 3.05) is 44.7 Å². The SMILES string of the molecule is C=C(F)C(=O)N1CCN(c2nc(OC[C@@H]3CCCN3C)nc3cc(-c4cccc5cccc(Cl)c45)c(F)cc23)[C@@H](C)C1. The molecule has 0 bridgehead atoms. The van der Waals surface area contributed by atoms with Gasteiger partial charge in [-0.05, 0) is 62.5 Å². The van der Waals surface area contributed by atoms with Gasteiger partial charge in [0, 0.05) is 53.1 Å². The summed E-state index contributed by atoms with van der Waals surface area (Å²) < 4.78 is 35.7. The number of carbonyl (C=O) groups is 1. The molecule has 7 nitrogen and oxygen atoms in total. The summed E-state index contributed by atoms with van der Waals surface area (Å²) in [5.74, 6) is -1.63. The van der Waals surface area contributed by atoms with Crippen LogP contribution in [0.5, 0.6) is 6.01 Å². The second-order valence-corrected chi connectivity index (χ2v) is 11.5. The number of hydrogen-bond donors (Lipinski definition) is 0. The van der Waals surface area contributed by atoms with Crippen molar-refractivity contribution in [3.05, 3.63) is 71.8 Å². The molecule has 2 aliphatic heterocycles. The third-order valence-electron chi connectivity index (χ3n) is 8.38. The zero-order valence-electron chi connectivity index (χ0n) is 23.6. The van der Waals surface area contributed by atoms with E-state index in [-0.39, 0.29) is 31.2 Å². The number of likely N-dealkylation sites (N-methyl/N-ethyl adjacent to an activating group) is 1. The molecule has 1 aromatic heterocycles. The van der Waals surface area contributed by atoms with Crippen LogP contribution in [-0.4, -0.2) is 77.6 Å². The predicted molar refractivity (Wildman–Crippen MR) is 162 cm³/mol. The first-order valence-electron chi connectivity index (χ1n) is 14.1. The van der Waals surface area contributed by atoms with E-state index in [4.69, 9.17) is 26.3 Å². The molecule has 3 aromatic carbocycles. The van der Waals surface area contributed by atoms with E-state index in [0.717, 1.165) is 30.2 Å². The summed E-state index contributed by atoms with van der Waals surface area (Å²) >= 11 is 6.58. The molecule has 2 saturated heterocycles. The molecule has 3 heterocycles. The van der Waals surface area contributed by atoms with Gasteiger partial charge >= 0.3 is 6.01 Å². The van der Waals surface area contributed by atoms with E-state index in [2.05, 4.69) is 18.5 Å². The molecular weight excluding hydrogens is 560 g/mol. The zero-order valence-corrected chi connectivity index (χ0v) is 24.4. The number of fused-ring (bicyclic) bond motifs is 2. The largest absolute Gasteiger partial charge is 0.462 e. The lowest BCUT2D eigenvalue weighted by molar-refractivity contribution is -0.129. The fraction of sp³-hybridized carbons (Fsp3) is 0.344. The second-order valence-electron chi connectivity index (χ2n) is 11.1. The number of amides is 1. The summed E-state index contributed by atoms with van der Waals surface area (Å²) in [6, 6.07) is 14.7. The topological polar surface area (TPSA) is 61.8 Å². The summed E-state index contributed by atoms with van der Waals surface area (Å²) in [5.41, 5.74) is 1.56. The lowest BCUT2D eigenvalue weighted by atomic mass is 9.96. The molecule has 2 atom stereocenters. The van der Waals surface area contributed by atoms with Gasteiger partial charge in [-0.25, -0.2) is 8.78 Å². The summed E-state index contributed by atoms with van der Waals surface area (Å²) in [6.07, 6.45) is 2.14. The molecule has 10 heteroatoms. The summed E-state index contributed by atoms with van der Waals surface area (Å²) in [5, 5.41) is 2.73. The molecule has 1 amide bonds. The minimum absolute atomic E-state index is 0.203. The van der Waals surface area contributed by atoms with Crippen molar-refractivity contribution in [3.63, 3.8) is 0 Å². The van der Waals surface area contributed by atoms with Gasteiger partial charge < -0.3 is 19.4 Å². The second kappa shape index (κ2) is 11.5. The van der Waals surface area contributed by atoms with Crippen LogP contribution in [0.4, 0.5) is 14.6 Å². The Morgan fingerprint density at radius 1 is 1.12 bits per heavy atom. The molecule has 42 heavy (non-hydrogen) atoms. The Hall–Kier alpha value is -3.82. The van der Waals surface area contributed by atoms with Gasteiger partial charge in [-0.1, -0.05) is 48.5 Å². The Morgan fingerprint density at radius 3 is 2.62 bits per heavy atom. The highest BCUT2D eigenvalue weighted by Gasteiger charge is 2.31. The third-order valence-corrected chi connectivity index (χ3v) is 8.70. The first-order chi connectivity index (χ1) is 20.2. The molecule has 2 fully saturated rings. The maximum Gasteiger partial charge on any atom is 0.319 e. The highest BCUT2D eigenvalue weighted by Crippen LogP contribution is 2.38. The van der Waals surface area contributed by atoms with Crippen LogP contribution in [0, 0.1) is 5.82 Å². The third kappa shape index (κ3) is 5.27. The van der Waals surface area contributed by atoms with Crippen LogP contribution in [0.2, 0.25) is 5.02 Å². The minimum atomic E-state index is -0.987. The van der Waals surface area contributed by atoms with Gasteiger partial charge in [-0.2, -0.15) is 9.97 Å². The number of carbonyl (C=O) groups excluding carboxylic acids is 1. The monoisotopic (exact) mass is 591 g/mol. The van der Waals surface area contributed by atoms with Crippen molar-refractivity contribution in [2.45, 2.75) is 31.8 Å². The van der Waals surface area contributed by atoms with Crippen molar-refractivity contribution in [3.8, 4) is 17.1 Å². The van der Waals surface area contributed by atoms with Crippen molar-refractivity contribution in [1.82, 2.24) is 19.8 Å². The number of nitrogens with zero attached hydrogens (tertiary/aromatic N) is 5. The van der Waals surface area contributed by atoms with Gasteiger partial charge in [-0.15, -0.1) is 0 Å². The van der Waals surface area contributed by atoms with Gasteiger partial charge in [0.05, 0.1) is 5.52 Å². The molecule has 0 saturated carbocycles. The molecule has 2 aliphatic rings. The van der Waals surface area contributed by atoms with Crippen molar-refractivity contribution in [1.29, 1.82) is 0 Å². The number of likely N-dealkylation sites (tertiary alicyclic amines) is 1. The van der Waals surface area contributed by atoms with Crippen LogP contribution in [-0.2, 0) is 4.79 Å². The maximum atomic E-state index is 16.0. The van der Waals surface area contributed by atoms with E-state index in [0.29, 0.717) is 46.0 Å². The lowest BCUT2D eigenvalue weighted by Gasteiger charge is -2.40. The number of anilines is 1. The first-order valence-corrected chi connectivity index (χ1v) is 14.5. The van der Waals surface area contributed by atoms with Gasteiger partial charge in [-0.3, -0.25) is 4.79 Å². The highest BCUT2D eigenvalue weighted by atomic mass is 35.5. The molecular formula is C32H32ClF2N5O2. The van der Waals surface area contributed by atoms with Gasteiger partial charge in [0.1, 0.15) is 18.2 Å². The van der Waals surface area contributed by atoms with Crippen molar-refractivity contribution >= 4 is 45.0 Å². The van der Waals surface area contributed by atoms with Crippen LogP contribution in [0.15, 0.2) is 60.9 Å². The fourth-order valence-corrected chi connectivity index (χ4v) is 6.39. The maximum absolute atomic E-state index is 16.0. The number of benzene rings is 3. The average molecular weight is 592 g/mol. The number of rotatable bonds is 6. The highest BCUT2D eigenvalue weighted by molar-refractivity contribution is 6.36. The van der Waals surface area contributed by atoms with Crippen LogP contribution in [0.1, 0.15) is 19.8 Å². The van der Waals surface area contributed by atoms with E-state index in [9.17, 15) is 9.18 Å². The smallest absolute Gasteiger partial charge is 0.319 e. The van der Waals surface area contributed by atoms with Gasteiger partial charge in [0.15, 0.2) is 5.83 Å². The van der Waals surface area contributed by atoms with E-state index < -0.39 is 17.6 Å². The van der Waals surface area contributed by atoms with Gasteiger partial charge in [0.25, 0.3) is 5.91 Å². The van der Waals surface area contributed by atoms with E-state index >= 15 is 4.39 Å². The molecule has 0 N–H and O–H groups in total. The zero-order chi connectivity index (χ0) is 29.5. The Bertz CT molecular complexity index is 1690. The van der Waals surface area contributed by atoms with Crippen LogP contribution < -0.4 is 9.64 Å². The number of ether oxygens (including phenoxy) is 1. The molecule has 0 spiro atoms. The number of piperazine rings is 1. The number of halogens is 3.